The van der Waals surface area contributed by atoms with E-state index in [2.05, 4.69) is 14.8 Å². The van der Waals surface area contributed by atoms with Gasteiger partial charge in [-0.05, 0) is 26.0 Å². The molecule has 110 valence electrons. The van der Waals surface area contributed by atoms with Crippen LogP contribution in [0.25, 0.3) is 5.65 Å². The Morgan fingerprint density at radius 1 is 1.35 bits per heavy atom. The fraction of sp³-hybridized carbons (Fsp3) is 0.455. The maximum Gasteiger partial charge on any atom is 0.422 e. The number of pyridine rings is 1. The highest BCUT2D eigenvalue weighted by molar-refractivity contribution is 5.56. The van der Waals surface area contributed by atoms with E-state index in [-0.39, 0.29) is 17.3 Å². The molecule has 2 aromatic rings. The van der Waals surface area contributed by atoms with E-state index >= 15 is 0 Å². The quantitative estimate of drug-likeness (QED) is 0.894. The summed E-state index contributed by atoms with van der Waals surface area (Å²) in [5.41, 5.74) is 4.54. The van der Waals surface area contributed by atoms with E-state index in [0.717, 1.165) is 0 Å². The van der Waals surface area contributed by atoms with Gasteiger partial charge in [0.1, 0.15) is 5.60 Å². The third-order valence-corrected chi connectivity index (χ3v) is 2.48. The average molecular weight is 290 g/mol. The number of fused-ring (bicyclic) bond motifs is 1. The molecular weight excluding hydrogens is 277 g/mol. The van der Waals surface area contributed by atoms with Crippen LogP contribution in [0.4, 0.5) is 19.1 Å². The second-order valence-corrected chi connectivity index (χ2v) is 4.75. The second kappa shape index (κ2) is 4.51. The molecule has 2 aromatic heterocycles. The van der Waals surface area contributed by atoms with E-state index < -0.39 is 18.4 Å². The zero-order valence-electron chi connectivity index (χ0n) is 10.8. The zero-order valence-corrected chi connectivity index (χ0v) is 10.8. The Balaban J connectivity index is 2.49. The van der Waals surface area contributed by atoms with Gasteiger partial charge in [-0.3, -0.25) is 0 Å². The summed E-state index contributed by atoms with van der Waals surface area (Å²) in [6.07, 6.45) is -4.46. The molecule has 3 N–H and O–H groups in total. The number of alkyl halides is 3. The fourth-order valence-corrected chi connectivity index (χ4v) is 1.69. The van der Waals surface area contributed by atoms with Crippen LogP contribution >= 0.6 is 0 Å². The van der Waals surface area contributed by atoms with Gasteiger partial charge >= 0.3 is 6.18 Å². The van der Waals surface area contributed by atoms with Crippen LogP contribution in [-0.2, 0) is 5.60 Å². The van der Waals surface area contributed by atoms with Crippen LogP contribution in [0.3, 0.4) is 0 Å². The van der Waals surface area contributed by atoms with Crippen LogP contribution in [0.2, 0.25) is 0 Å². The molecule has 0 aliphatic rings. The molecule has 0 fully saturated rings. The normalized spacial score (nSPS) is 12.9. The molecule has 2 rings (SSSR count). The van der Waals surface area contributed by atoms with Crippen molar-refractivity contribution in [2.45, 2.75) is 25.6 Å². The molecule has 0 aliphatic heterocycles. The van der Waals surface area contributed by atoms with Crippen molar-refractivity contribution in [3.8, 4) is 5.75 Å². The molecule has 2 heterocycles. The number of hydrogen-bond donors (Lipinski definition) is 2. The third-order valence-electron chi connectivity index (χ3n) is 2.48. The number of aromatic nitrogens is 3. The number of halogens is 3. The molecule has 20 heavy (non-hydrogen) atoms. The van der Waals surface area contributed by atoms with Crippen LogP contribution in [-0.4, -0.2) is 32.5 Å². The van der Waals surface area contributed by atoms with Crippen LogP contribution in [0.1, 0.15) is 19.5 Å². The third kappa shape index (κ3) is 2.93. The predicted molar refractivity (Wildman–Crippen MR) is 64.2 cm³/mol. The fourth-order valence-electron chi connectivity index (χ4n) is 1.69. The molecule has 0 atom stereocenters. The maximum absolute atomic E-state index is 12.2. The summed E-state index contributed by atoms with van der Waals surface area (Å²) in [6, 6.07) is 2.70. The average Bonchev–Trinajstić information content (AvgIpc) is 2.64. The predicted octanol–water partition coefficient (Wildman–Crippen LogP) is 1.48. The number of nitrogens with two attached hydrogens (primary N) is 1. The van der Waals surface area contributed by atoms with Crippen molar-refractivity contribution in [3.05, 3.63) is 17.8 Å². The molecule has 0 spiro atoms. The van der Waals surface area contributed by atoms with Crippen LogP contribution < -0.4 is 10.5 Å². The second-order valence-electron chi connectivity index (χ2n) is 4.75. The van der Waals surface area contributed by atoms with Gasteiger partial charge in [0.2, 0.25) is 5.95 Å². The number of aliphatic hydroxyl groups is 1. The standard InChI is InChI=1S/C11H13F3N4O2/c1-10(2,19)7-4-3-6(20-5-11(12,13)14)8-16-9(15)17-18(7)8/h3-4,19H,5H2,1-2H3,(H2,15,17). The topological polar surface area (TPSA) is 85.7 Å². The smallest absolute Gasteiger partial charge is 0.422 e. The Morgan fingerprint density at radius 3 is 2.55 bits per heavy atom. The van der Waals surface area contributed by atoms with Gasteiger partial charge in [-0.15, -0.1) is 5.10 Å². The van der Waals surface area contributed by atoms with Crippen LogP contribution in [0.5, 0.6) is 5.75 Å². The van der Waals surface area contributed by atoms with E-state index in [0.29, 0.717) is 5.69 Å². The number of ether oxygens (including phenoxy) is 1. The van der Waals surface area contributed by atoms with Crippen molar-refractivity contribution in [2.75, 3.05) is 12.3 Å². The van der Waals surface area contributed by atoms with Gasteiger partial charge in [0.25, 0.3) is 0 Å². The first kappa shape index (κ1) is 14.4. The summed E-state index contributed by atoms with van der Waals surface area (Å²) in [7, 11) is 0. The minimum absolute atomic E-state index is 0.0198. The van der Waals surface area contributed by atoms with E-state index in [1.165, 1.54) is 30.5 Å². The monoisotopic (exact) mass is 290 g/mol. The first-order valence-corrected chi connectivity index (χ1v) is 5.65. The first-order chi connectivity index (χ1) is 9.08. The zero-order chi connectivity index (χ0) is 15.1. The van der Waals surface area contributed by atoms with Gasteiger partial charge in [-0.1, -0.05) is 0 Å². The summed E-state index contributed by atoms with van der Waals surface area (Å²) >= 11 is 0. The van der Waals surface area contributed by atoms with Crippen molar-refractivity contribution >= 4 is 11.6 Å². The summed E-state index contributed by atoms with van der Waals surface area (Å²) in [5.74, 6) is -0.238. The lowest BCUT2D eigenvalue weighted by Crippen LogP contribution is -2.22. The summed E-state index contributed by atoms with van der Waals surface area (Å²) in [6.45, 7) is 1.57. The minimum Gasteiger partial charge on any atom is -0.480 e. The SMILES string of the molecule is CC(C)(O)c1ccc(OCC(F)(F)F)c2nc(N)nn12. The Morgan fingerprint density at radius 2 is 2.00 bits per heavy atom. The highest BCUT2D eigenvalue weighted by Crippen LogP contribution is 2.27. The number of hydrogen-bond acceptors (Lipinski definition) is 5. The number of nitrogen functional groups attached to an aromatic ring is 1. The van der Waals surface area contributed by atoms with Crippen molar-refractivity contribution in [1.82, 2.24) is 14.6 Å². The van der Waals surface area contributed by atoms with E-state index in [1.54, 1.807) is 0 Å². The molecule has 0 bridgehead atoms. The van der Waals surface area contributed by atoms with Gasteiger partial charge in [0, 0.05) is 0 Å². The van der Waals surface area contributed by atoms with Gasteiger partial charge in [0.05, 0.1) is 5.69 Å². The maximum atomic E-state index is 12.2. The molecule has 0 radical (unpaired) electrons. The highest BCUT2D eigenvalue weighted by Gasteiger charge is 2.30. The molecular formula is C11H13F3N4O2. The lowest BCUT2D eigenvalue weighted by atomic mass is 10.0. The largest absolute Gasteiger partial charge is 0.480 e. The number of anilines is 1. The first-order valence-electron chi connectivity index (χ1n) is 5.65. The molecule has 9 heteroatoms. The van der Waals surface area contributed by atoms with Crippen molar-refractivity contribution in [3.63, 3.8) is 0 Å². The lowest BCUT2D eigenvalue weighted by Gasteiger charge is -2.19. The van der Waals surface area contributed by atoms with Gasteiger partial charge in [-0.2, -0.15) is 18.2 Å². The van der Waals surface area contributed by atoms with E-state index in [9.17, 15) is 18.3 Å². The highest BCUT2D eigenvalue weighted by atomic mass is 19.4. The Bertz CT molecular complexity index is 631. The Hall–Kier alpha value is -2.03. The summed E-state index contributed by atoms with van der Waals surface area (Å²) < 4.78 is 42.4. The molecule has 0 aromatic carbocycles. The van der Waals surface area contributed by atoms with Gasteiger partial charge in [0.15, 0.2) is 18.0 Å². The molecule has 0 aliphatic carbocycles. The number of nitrogens with zero attached hydrogens (tertiary/aromatic N) is 3. The van der Waals surface area contributed by atoms with E-state index in [4.69, 9.17) is 5.73 Å². The van der Waals surface area contributed by atoms with Crippen molar-refractivity contribution in [2.24, 2.45) is 0 Å². The Kier molecular flexibility index (Phi) is 3.24. The van der Waals surface area contributed by atoms with Crippen molar-refractivity contribution in [1.29, 1.82) is 0 Å². The van der Waals surface area contributed by atoms with Crippen LogP contribution in [0.15, 0.2) is 12.1 Å². The molecule has 0 saturated heterocycles. The molecule has 6 nitrogen and oxygen atoms in total. The minimum atomic E-state index is -4.46. The van der Waals surface area contributed by atoms with Crippen LogP contribution in [0, 0.1) is 0 Å². The summed E-state index contributed by atoms with van der Waals surface area (Å²) in [4.78, 5) is 3.81. The van der Waals surface area contributed by atoms with Gasteiger partial charge < -0.3 is 15.6 Å². The van der Waals surface area contributed by atoms with Crippen molar-refractivity contribution < 1.29 is 23.0 Å². The van der Waals surface area contributed by atoms with E-state index in [1.807, 2.05) is 0 Å². The molecule has 0 saturated carbocycles. The lowest BCUT2D eigenvalue weighted by molar-refractivity contribution is -0.153. The number of rotatable bonds is 3. The summed E-state index contributed by atoms with van der Waals surface area (Å²) in [5, 5.41) is 13.8. The molecule has 0 amide bonds. The van der Waals surface area contributed by atoms with Gasteiger partial charge in [-0.25, -0.2) is 4.52 Å². The Labute approximate surface area is 112 Å². The molecule has 0 unspecified atom stereocenters.